The van der Waals surface area contributed by atoms with Gasteiger partial charge in [-0.1, -0.05) is 35.6 Å². The lowest BCUT2D eigenvalue weighted by atomic mass is 10.1. The average Bonchev–Trinajstić information content (AvgIpc) is 2.01. The summed E-state index contributed by atoms with van der Waals surface area (Å²) in [6, 6.07) is 0. The van der Waals surface area contributed by atoms with Crippen LogP contribution in [0.5, 0.6) is 0 Å². The first-order valence-corrected chi connectivity index (χ1v) is 5.84. The molecule has 0 aromatic heterocycles. The molecule has 0 amide bonds. The van der Waals surface area contributed by atoms with Crippen molar-refractivity contribution in [3.8, 4) is 0 Å². The summed E-state index contributed by atoms with van der Waals surface area (Å²) in [6.45, 7) is 7.65. The highest BCUT2D eigenvalue weighted by Crippen LogP contribution is 2.30. The van der Waals surface area contributed by atoms with Gasteiger partial charge in [0.05, 0.1) is 0 Å². The number of aliphatic hydroxyl groups excluding tert-OH is 1. The SMILES string of the molecule is CC(=O)SC(C)(C=CC=C(C)C)CCO. The molecule has 0 spiro atoms. The molecule has 2 nitrogen and oxygen atoms in total. The van der Waals surface area contributed by atoms with Gasteiger partial charge in [0, 0.05) is 18.3 Å². The van der Waals surface area contributed by atoms with Gasteiger partial charge in [-0.05, 0) is 27.2 Å². The third-order valence-corrected chi connectivity index (χ3v) is 2.96. The van der Waals surface area contributed by atoms with Gasteiger partial charge in [0.2, 0.25) is 0 Å². The van der Waals surface area contributed by atoms with E-state index in [1.54, 1.807) is 6.92 Å². The average molecular weight is 228 g/mol. The van der Waals surface area contributed by atoms with Gasteiger partial charge >= 0.3 is 0 Å². The van der Waals surface area contributed by atoms with E-state index in [-0.39, 0.29) is 16.5 Å². The molecule has 0 saturated carbocycles. The Hall–Kier alpha value is -0.540. The van der Waals surface area contributed by atoms with Crippen LogP contribution in [-0.4, -0.2) is 21.6 Å². The Morgan fingerprint density at radius 1 is 1.40 bits per heavy atom. The van der Waals surface area contributed by atoms with Crippen LogP contribution in [0, 0.1) is 0 Å². The number of hydrogen-bond donors (Lipinski definition) is 1. The number of carbonyl (C=O) groups is 1. The number of thioether (sulfide) groups is 1. The minimum absolute atomic E-state index is 0.0767. The van der Waals surface area contributed by atoms with Gasteiger partial charge in [0.1, 0.15) is 0 Å². The first-order chi connectivity index (χ1) is 6.89. The van der Waals surface area contributed by atoms with Crippen molar-refractivity contribution >= 4 is 16.9 Å². The fraction of sp³-hybridized carbons (Fsp3) is 0.583. The predicted octanol–water partition coefficient (Wildman–Crippen LogP) is 2.93. The van der Waals surface area contributed by atoms with Crippen LogP contribution in [0.1, 0.15) is 34.1 Å². The van der Waals surface area contributed by atoms with Crippen molar-refractivity contribution in [1.29, 1.82) is 0 Å². The molecular weight excluding hydrogens is 208 g/mol. The molecule has 0 aliphatic rings. The Kier molecular flexibility index (Phi) is 6.61. The van der Waals surface area contributed by atoms with E-state index < -0.39 is 0 Å². The molecule has 86 valence electrons. The molecule has 0 bridgehead atoms. The first kappa shape index (κ1) is 14.5. The van der Waals surface area contributed by atoms with Crippen LogP contribution in [0.25, 0.3) is 0 Å². The zero-order chi connectivity index (χ0) is 11.9. The maximum absolute atomic E-state index is 11.1. The first-order valence-electron chi connectivity index (χ1n) is 5.03. The van der Waals surface area contributed by atoms with E-state index in [0.29, 0.717) is 6.42 Å². The molecule has 0 radical (unpaired) electrons. The quantitative estimate of drug-likeness (QED) is 0.735. The Morgan fingerprint density at radius 2 is 2.00 bits per heavy atom. The second-order valence-electron chi connectivity index (χ2n) is 3.98. The van der Waals surface area contributed by atoms with Crippen LogP contribution in [0.3, 0.4) is 0 Å². The van der Waals surface area contributed by atoms with E-state index in [2.05, 4.69) is 0 Å². The topological polar surface area (TPSA) is 37.3 Å². The Labute approximate surface area is 96.5 Å². The summed E-state index contributed by atoms with van der Waals surface area (Å²) in [4.78, 5) is 11.1. The van der Waals surface area contributed by atoms with Crippen LogP contribution < -0.4 is 0 Å². The largest absolute Gasteiger partial charge is 0.396 e. The molecule has 0 aromatic rings. The van der Waals surface area contributed by atoms with Crippen LogP contribution in [0.15, 0.2) is 23.8 Å². The lowest BCUT2D eigenvalue weighted by molar-refractivity contribution is -0.109. The zero-order valence-corrected chi connectivity index (χ0v) is 10.7. The zero-order valence-electron chi connectivity index (χ0n) is 9.91. The van der Waals surface area contributed by atoms with Crippen molar-refractivity contribution < 1.29 is 9.90 Å². The smallest absolute Gasteiger partial charge is 0.186 e. The Morgan fingerprint density at radius 3 is 2.40 bits per heavy atom. The van der Waals surface area contributed by atoms with Crippen molar-refractivity contribution in [2.24, 2.45) is 0 Å². The van der Waals surface area contributed by atoms with Crippen molar-refractivity contribution in [2.45, 2.75) is 38.9 Å². The van der Waals surface area contributed by atoms with Crippen molar-refractivity contribution in [2.75, 3.05) is 6.61 Å². The predicted molar refractivity (Wildman–Crippen MR) is 67.0 cm³/mol. The molecule has 0 saturated heterocycles. The highest BCUT2D eigenvalue weighted by molar-refractivity contribution is 8.14. The molecule has 0 aromatic carbocycles. The van der Waals surface area contributed by atoms with Gasteiger partial charge in [0.15, 0.2) is 5.12 Å². The van der Waals surface area contributed by atoms with E-state index in [4.69, 9.17) is 5.11 Å². The number of rotatable bonds is 5. The van der Waals surface area contributed by atoms with Gasteiger partial charge in [-0.3, -0.25) is 4.79 Å². The van der Waals surface area contributed by atoms with Gasteiger partial charge < -0.3 is 5.11 Å². The standard InChI is InChI=1S/C12H20O2S/c1-10(2)6-5-7-12(4,8-9-13)15-11(3)14/h5-7,13H,8-9H2,1-4H3. The number of hydrogen-bond acceptors (Lipinski definition) is 3. The molecule has 0 rings (SSSR count). The lowest BCUT2D eigenvalue weighted by Gasteiger charge is -2.22. The summed E-state index contributed by atoms with van der Waals surface area (Å²) in [7, 11) is 0. The Balaban J connectivity index is 4.56. The Bertz CT molecular complexity index is 265. The summed E-state index contributed by atoms with van der Waals surface area (Å²) in [6.07, 6.45) is 6.50. The summed E-state index contributed by atoms with van der Waals surface area (Å²) < 4.78 is -0.299. The molecule has 1 atom stereocenters. The maximum atomic E-state index is 11.1. The van der Waals surface area contributed by atoms with Crippen LogP contribution in [0.4, 0.5) is 0 Å². The fourth-order valence-electron chi connectivity index (χ4n) is 1.16. The molecule has 3 heteroatoms. The van der Waals surface area contributed by atoms with Gasteiger partial charge in [-0.2, -0.15) is 0 Å². The monoisotopic (exact) mass is 228 g/mol. The van der Waals surface area contributed by atoms with Gasteiger partial charge in [0.25, 0.3) is 0 Å². The summed E-state index contributed by atoms with van der Waals surface area (Å²) in [5, 5.41) is 9.03. The van der Waals surface area contributed by atoms with Gasteiger partial charge in [-0.15, -0.1) is 0 Å². The van der Waals surface area contributed by atoms with Crippen molar-refractivity contribution in [1.82, 2.24) is 0 Å². The molecule has 1 unspecified atom stereocenters. The van der Waals surface area contributed by atoms with Crippen molar-refractivity contribution in [3.63, 3.8) is 0 Å². The fourth-order valence-corrected chi connectivity index (χ4v) is 2.16. The molecule has 1 N–H and O–H groups in total. The summed E-state index contributed by atoms with van der Waals surface area (Å²) in [5.41, 5.74) is 1.21. The second-order valence-corrected chi connectivity index (χ2v) is 5.69. The number of carbonyl (C=O) groups excluding carboxylic acids is 1. The van der Waals surface area contributed by atoms with E-state index >= 15 is 0 Å². The van der Waals surface area contributed by atoms with Crippen LogP contribution >= 0.6 is 11.8 Å². The molecule has 0 aliphatic carbocycles. The minimum Gasteiger partial charge on any atom is -0.396 e. The lowest BCUT2D eigenvalue weighted by Crippen LogP contribution is -2.20. The van der Waals surface area contributed by atoms with Crippen molar-refractivity contribution in [3.05, 3.63) is 23.8 Å². The van der Waals surface area contributed by atoms with E-state index in [1.807, 2.05) is 39.0 Å². The number of aliphatic hydroxyl groups is 1. The molecule has 0 aliphatic heterocycles. The molecule has 0 fully saturated rings. The molecule has 15 heavy (non-hydrogen) atoms. The third kappa shape index (κ3) is 7.40. The van der Waals surface area contributed by atoms with E-state index in [0.717, 1.165) is 0 Å². The maximum Gasteiger partial charge on any atom is 0.186 e. The summed E-state index contributed by atoms with van der Waals surface area (Å²) >= 11 is 1.26. The minimum atomic E-state index is -0.299. The normalized spacial score (nSPS) is 15.0. The second kappa shape index (κ2) is 6.85. The number of allylic oxidation sites excluding steroid dienone is 3. The molecular formula is C12H20O2S. The van der Waals surface area contributed by atoms with Crippen LogP contribution in [0.2, 0.25) is 0 Å². The third-order valence-electron chi connectivity index (χ3n) is 1.86. The molecule has 0 heterocycles. The van der Waals surface area contributed by atoms with Crippen LogP contribution in [-0.2, 0) is 4.79 Å². The van der Waals surface area contributed by atoms with E-state index in [1.165, 1.54) is 17.3 Å². The van der Waals surface area contributed by atoms with E-state index in [9.17, 15) is 4.79 Å². The highest BCUT2D eigenvalue weighted by atomic mass is 32.2. The summed E-state index contributed by atoms with van der Waals surface area (Å²) in [5.74, 6) is 0. The highest BCUT2D eigenvalue weighted by Gasteiger charge is 2.22. The van der Waals surface area contributed by atoms with Gasteiger partial charge in [-0.25, -0.2) is 0 Å².